The number of carbonyl (C=O) groups excluding carboxylic acids is 2. The zero-order valence-corrected chi connectivity index (χ0v) is 10.8. The van der Waals surface area contributed by atoms with Gasteiger partial charge in [-0.25, -0.2) is 4.90 Å². The minimum atomic E-state index is -0.255. The fourth-order valence-corrected chi connectivity index (χ4v) is 2.25. The highest BCUT2D eigenvalue weighted by molar-refractivity contribution is 6.22. The van der Waals surface area contributed by atoms with Gasteiger partial charge in [-0.1, -0.05) is 48.5 Å². The summed E-state index contributed by atoms with van der Waals surface area (Å²) in [5.74, 6) is -0.509. The van der Waals surface area contributed by atoms with Gasteiger partial charge in [-0.15, -0.1) is 0 Å². The Balaban J connectivity index is 1.77. The van der Waals surface area contributed by atoms with Crippen LogP contribution in [0.15, 0.2) is 66.9 Å². The van der Waals surface area contributed by atoms with Gasteiger partial charge in [0.05, 0.1) is 11.1 Å². The molecule has 20 heavy (non-hydrogen) atoms. The zero-order valence-electron chi connectivity index (χ0n) is 10.8. The van der Waals surface area contributed by atoms with Crippen molar-refractivity contribution in [3.05, 3.63) is 83.6 Å². The maximum Gasteiger partial charge on any atom is 0.265 e. The van der Waals surface area contributed by atoms with Gasteiger partial charge in [0.15, 0.2) is 0 Å². The summed E-state index contributed by atoms with van der Waals surface area (Å²) in [4.78, 5) is 25.4. The van der Waals surface area contributed by atoms with Crippen molar-refractivity contribution in [1.82, 2.24) is 4.90 Å². The number of nitrogens with zero attached hydrogens (tertiary/aromatic N) is 1. The van der Waals surface area contributed by atoms with Crippen LogP contribution in [0.2, 0.25) is 0 Å². The lowest BCUT2D eigenvalue weighted by atomic mass is 10.1. The molecule has 1 aliphatic rings. The lowest BCUT2D eigenvalue weighted by Crippen LogP contribution is -2.23. The third-order valence-electron chi connectivity index (χ3n) is 3.28. The Morgan fingerprint density at radius 2 is 1.35 bits per heavy atom. The molecular weight excluding hydrogens is 250 g/mol. The van der Waals surface area contributed by atoms with E-state index in [2.05, 4.69) is 0 Å². The number of allylic oxidation sites excluding steroid dienone is 1. The molecule has 3 rings (SSSR count). The van der Waals surface area contributed by atoms with Crippen LogP contribution in [0, 0.1) is 0 Å². The maximum absolute atomic E-state index is 12.1. The molecule has 0 fully saturated rings. The highest BCUT2D eigenvalue weighted by Gasteiger charge is 2.33. The molecule has 1 heterocycles. The van der Waals surface area contributed by atoms with Gasteiger partial charge < -0.3 is 0 Å². The van der Waals surface area contributed by atoms with Gasteiger partial charge in [0.2, 0.25) is 0 Å². The zero-order chi connectivity index (χ0) is 13.9. The molecule has 0 radical (unpaired) electrons. The molecule has 0 saturated carbocycles. The molecule has 3 nitrogen and oxygen atoms in total. The first-order valence-electron chi connectivity index (χ1n) is 6.45. The van der Waals surface area contributed by atoms with Crippen LogP contribution in [-0.4, -0.2) is 16.7 Å². The standard InChI is InChI=1S/C17H13NO2/c19-16-14-10-4-5-11-15(14)17(20)18(16)12-6-9-13-7-2-1-3-8-13/h1-8,10-12H,9H2/b12-6-. The van der Waals surface area contributed by atoms with Gasteiger partial charge in [0, 0.05) is 6.20 Å². The molecule has 0 N–H and O–H groups in total. The van der Waals surface area contributed by atoms with Crippen LogP contribution in [0.5, 0.6) is 0 Å². The minimum Gasteiger partial charge on any atom is -0.268 e. The van der Waals surface area contributed by atoms with Gasteiger partial charge in [0.25, 0.3) is 11.8 Å². The Morgan fingerprint density at radius 3 is 1.95 bits per heavy atom. The molecule has 0 bridgehead atoms. The average molecular weight is 263 g/mol. The molecule has 0 unspecified atom stereocenters. The number of imide groups is 1. The van der Waals surface area contributed by atoms with E-state index < -0.39 is 0 Å². The van der Waals surface area contributed by atoms with Crippen molar-refractivity contribution in [1.29, 1.82) is 0 Å². The molecule has 0 spiro atoms. The SMILES string of the molecule is O=C1c2ccccc2C(=O)N1/C=C\Cc1ccccc1. The molecule has 0 saturated heterocycles. The lowest BCUT2D eigenvalue weighted by Gasteiger charge is -2.06. The summed E-state index contributed by atoms with van der Waals surface area (Å²) in [5.41, 5.74) is 2.09. The first-order valence-corrected chi connectivity index (χ1v) is 6.45. The van der Waals surface area contributed by atoms with Crippen molar-refractivity contribution in [2.24, 2.45) is 0 Å². The summed E-state index contributed by atoms with van der Waals surface area (Å²) in [7, 11) is 0. The first kappa shape index (κ1) is 12.4. The number of fused-ring (bicyclic) bond motifs is 1. The van der Waals surface area contributed by atoms with Crippen molar-refractivity contribution < 1.29 is 9.59 Å². The summed E-state index contributed by atoms with van der Waals surface area (Å²) >= 11 is 0. The Morgan fingerprint density at radius 1 is 0.800 bits per heavy atom. The number of hydrogen-bond acceptors (Lipinski definition) is 2. The van der Waals surface area contributed by atoms with Gasteiger partial charge in [-0.3, -0.25) is 9.59 Å². The third kappa shape index (κ3) is 2.14. The van der Waals surface area contributed by atoms with Gasteiger partial charge in [-0.2, -0.15) is 0 Å². The van der Waals surface area contributed by atoms with Crippen molar-refractivity contribution in [2.75, 3.05) is 0 Å². The van der Waals surface area contributed by atoms with Gasteiger partial charge in [0.1, 0.15) is 0 Å². The van der Waals surface area contributed by atoms with E-state index in [9.17, 15) is 9.59 Å². The molecular formula is C17H13NO2. The average Bonchev–Trinajstić information content (AvgIpc) is 2.74. The topological polar surface area (TPSA) is 37.4 Å². The van der Waals surface area contributed by atoms with Crippen LogP contribution in [0.1, 0.15) is 26.3 Å². The van der Waals surface area contributed by atoms with E-state index in [1.54, 1.807) is 30.5 Å². The summed E-state index contributed by atoms with van der Waals surface area (Å²) in [6.07, 6.45) is 4.09. The van der Waals surface area contributed by atoms with Crippen molar-refractivity contribution in [2.45, 2.75) is 6.42 Å². The lowest BCUT2D eigenvalue weighted by molar-refractivity contribution is 0.0721. The molecule has 2 aromatic carbocycles. The van der Waals surface area contributed by atoms with Crippen molar-refractivity contribution in [3.63, 3.8) is 0 Å². The van der Waals surface area contributed by atoms with E-state index in [-0.39, 0.29) is 11.8 Å². The van der Waals surface area contributed by atoms with E-state index in [0.29, 0.717) is 17.5 Å². The number of benzene rings is 2. The van der Waals surface area contributed by atoms with Crippen molar-refractivity contribution in [3.8, 4) is 0 Å². The van der Waals surface area contributed by atoms with Crippen LogP contribution in [0.4, 0.5) is 0 Å². The Kier molecular flexibility index (Phi) is 3.17. The predicted octanol–water partition coefficient (Wildman–Crippen LogP) is 3.04. The molecule has 2 amide bonds. The van der Waals surface area contributed by atoms with Gasteiger partial charge in [-0.05, 0) is 24.1 Å². The van der Waals surface area contributed by atoms with Crippen LogP contribution >= 0.6 is 0 Å². The summed E-state index contributed by atoms with van der Waals surface area (Å²) in [6, 6.07) is 16.8. The maximum atomic E-state index is 12.1. The molecule has 1 aliphatic heterocycles. The second-order valence-corrected chi connectivity index (χ2v) is 4.60. The van der Waals surface area contributed by atoms with Crippen LogP contribution < -0.4 is 0 Å². The van der Waals surface area contributed by atoms with Crippen molar-refractivity contribution >= 4 is 11.8 Å². The van der Waals surface area contributed by atoms with Crippen LogP contribution in [0.25, 0.3) is 0 Å². The second kappa shape index (κ2) is 5.13. The van der Waals surface area contributed by atoms with Crippen LogP contribution in [0.3, 0.4) is 0 Å². The summed E-state index contributed by atoms with van der Waals surface area (Å²) in [6.45, 7) is 0. The molecule has 0 aromatic heterocycles. The first-order chi connectivity index (χ1) is 9.77. The van der Waals surface area contributed by atoms with E-state index in [1.807, 2.05) is 36.4 Å². The van der Waals surface area contributed by atoms with E-state index in [1.165, 1.54) is 4.90 Å². The summed E-state index contributed by atoms with van der Waals surface area (Å²) < 4.78 is 0. The smallest absolute Gasteiger partial charge is 0.265 e. The quantitative estimate of drug-likeness (QED) is 0.798. The second-order valence-electron chi connectivity index (χ2n) is 4.60. The molecule has 2 aromatic rings. The fourth-order valence-electron chi connectivity index (χ4n) is 2.25. The Bertz CT molecular complexity index is 654. The third-order valence-corrected chi connectivity index (χ3v) is 3.28. The van der Waals surface area contributed by atoms with E-state index in [0.717, 1.165) is 5.56 Å². The van der Waals surface area contributed by atoms with E-state index in [4.69, 9.17) is 0 Å². The monoisotopic (exact) mass is 263 g/mol. The number of carbonyl (C=O) groups is 2. The van der Waals surface area contributed by atoms with Crippen LogP contribution in [-0.2, 0) is 6.42 Å². The Labute approximate surface area is 117 Å². The fraction of sp³-hybridized carbons (Fsp3) is 0.0588. The number of hydrogen-bond donors (Lipinski definition) is 0. The highest BCUT2D eigenvalue weighted by Crippen LogP contribution is 2.22. The minimum absolute atomic E-state index is 0.255. The van der Waals surface area contributed by atoms with E-state index >= 15 is 0 Å². The summed E-state index contributed by atoms with van der Waals surface area (Å²) in [5, 5.41) is 0. The molecule has 0 aliphatic carbocycles. The molecule has 98 valence electrons. The normalized spacial score (nSPS) is 14.1. The number of rotatable bonds is 3. The molecule has 0 atom stereocenters. The largest absolute Gasteiger partial charge is 0.268 e. The predicted molar refractivity (Wildman–Crippen MR) is 76.2 cm³/mol. The van der Waals surface area contributed by atoms with Gasteiger partial charge >= 0.3 is 0 Å². The molecule has 3 heteroatoms. The number of amides is 2. The Hall–Kier alpha value is -2.68. The highest BCUT2D eigenvalue weighted by atomic mass is 16.2.